The van der Waals surface area contributed by atoms with Crippen molar-refractivity contribution in [2.24, 2.45) is 5.41 Å². The minimum atomic E-state index is -0.0254. The molecule has 2 heteroatoms. The van der Waals surface area contributed by atoms with Gasteiger partial charge in [-0.05, 0) is 32.6 Å². The van der Waals surface area contributed by atoms with Gasteiger partial charge < -0.3 is 4.74 Å². The van der Waals surface area contributed by atoms with E-state index in [9.17, 15) is 0 Å². The molecule has 12 heavy (non-hydrogen) atoms. The van der Waals surface area contributed by atoms with Crippen molar-refractivity contribution < 1.29 is 4.74 Å². The van der Waals surface area contributed by atoms with Gasteiger partial charge in [0.1, 0.15) is 0 Å². The highest BCUT2D eigenvalue weighted by atomic mass is 35.5. The molecule has 0 atom stereocenters. The third-order valence-corrected chi connectivity index (χ3v) is 2.40. The number of rotatable bonds is 4. The van der Waals surface area contributed by atoms with E-state index in [1.807, 2.05) is 0 Å². The molecule has 0 rings (SSSR count). The van der Waals surface area contributed by atoms with Crippen LogP contribution in [-0.4, -0.2) is 18.1 Å². The molecule has 0 aromatic carbocycles. The zero-order valence-electron chi connectivity index (χ0n) is 8.91. The molecule has 0 saturated carbocycles. The van der Waals surface area contributed by atoms with Gasteiger partial charge in [-0.1, -0.05) is 13.8 Å². The Hall–Kier alpha value is 0.250. The molecule has 1 nitrogen and oxygen atoms in total. The molecule has 0 aliphatic heterocycles. The van der Waals surface area contributed by atoms with Crippen LogP contribution in [0.25, 0.3) is 0 Å². The standard InChI is InChI=1S/C10H21ClO/c1-9(2,3)12-7-6-10(4,5)8-11/h6-8H2,1-5H3. The summed E-state index contributed by atoms with van der Waals surface area (Å²) in [5.41, 5.74) is 0.176. The van der Waals surface area contributed by atoms with Crippen LogP contribution in [0.2, 0.25) is 0 Å². The van der Waals surface area contributed by atoms with Crippen molar-refractivity contribution in [2.45, 2.75) is 46.6 Å². The molecule has 0 amide bonds. The van der Waals surface area contributed by atoms with E-state index < -0.39 is 0 Å². The highest BCUT2D eigenvalue weighted by Gasteiger charge is 2.18. The van der Waals surface area contributed by atoms with Crippen LogP contribution in [0.3, 0.4) is 0 Å². The van der Waals surface area contributed by atoms with Crippen molar-refractivity contribution >= 4 is 11.6 Å². The Morgan fingerprint density at radius 3 is 1.92 bits per heavy atom. The number of hydrogen-bond acceptors (Lipinski definition) is 1. The number of alkyl halides is 1. The summed E-state index contributed by atoms with van der Waals surface area (Å²) in [5.74, 6) is 0.695. The molecular formula is C10H21ClO. The third-order valence-electron chi connectivity index (χ3n) is 1.68. The van der Waals surface area contributed by atoms with Crippen LogP contribution in [0.1, 0.15) is 41.0 Å². The van der Waals surface area contributed by atoms with Gasteiger partial charge in [0.05, 0.1) is 5.60 Å². The normalized spacial score (nSPS) is 13.5. The molecule has 0 aliphatic carbocycles. The molecule has 0 aromatic rings. The van der Waals surface area contributed by atoms with E-state index in [0.29, 0.717) is 5.88 Å². The first-order valence-electron chi connectivity index (χ1n) is 4.47. The maximum absolute atomic E-state index is 5.79. The molecule has 0 aliphatic rings. The Morgan fingerprint density at radius 1 is 1.08 bits per heavy atom. The average molecular weight is 193 g/mol. The summed E-state index contributed by atoms with van der Waals surface area (Å²) >= 11 is 5.79. The summed E-state index contributed by atoms with van der Waals surface area (Å²) in [5, 5.41) is 0. The monoisotopic (exact) mass is 192 g/mol. The fourth-order valence-electron chi connectivity index (χ4n) is 0.700. The molecular weight excluding hydrogens is 172 g/mol. The molecule has 0 saturated heterocycles. The quantitative estimate of drug-likeness (QED) is 0.620. The van der Waals surface area contributed by atoms with Crippen LogP contribution in [0.5, 0.6) is 0 Å². The van der Waals surface area contributed by atoms with E-state index in [4.69, 9.17) is 16.3 Å². The number of ether oxygens (including phenoxy) is 1. The second-order valence-corrected chi connectivity index (χ2v) is 5.28. The van der Waals surface area contributed by atoms with Crippen LogP contribution in [-0.2, 0) is 4.74 Å². The van der Waals surface area contributed by atoms with Gasteiger partial charge in [0.2, 0.25) is 0 Å². The first-order chi connectivity index (χ1) is 5.27. The molecule has 0 bridgehead atoms. The number of halogens is 1. The molecule has 0 aromatic heterocycles. The Kier molecular flexibility index (Phi) is 4.57. The molecule has 0 unspecified atom stereocenters. The van der Waals surface area contributed by atoms with Gasteiger partial charge in [-0.3, -0.25) is 0 Å². The van der Waals surface area contributed by atoms with Gasteiger partial charge in [0.15, 0.2) is 0 Å². The third kappa shape index (κ3) is 6.93. The summed E-state index contributed by atoms with van der Waals surface area (Å²) in [6, 6.07) is 0. The zero-order chi connectivity index (χ0) is 9.83. The van der Waals surface area contributed by atoms with Crippen LogP contribution in [0.4, 0.5) is 0 Å². The first kappa shape index (κ1) is 12.2. The summed E-state index contributed by atoms with van der Waals surface area (Å²) in [6.45, 7) is 11.3. The molecule has 0 N–H and O–H groups in total. The summed E-state index contributed by atoms with van der Waals surface area (Å²) in [4.78, 5) is 0. The molecule has 0 radical (unpaired) electrons. The largest absolute Gasteiger partial charge is 0.376 e. The molecule has 0 heterocycles. The zero-order valence-corrected chi connectivity index (χ0v) is 9.66. The van der Waals surface area contributed by atoms with Crippen LogP contribution in [0.15, 0.2) is 0 Å². The van der Waals surface area contributed by atoms with E-state index in [-0.39, 0.29) is 11.0 Å². The van der Waals surface area contributed by atoms with Gasteiger partial charge >= 0.3 is 0 Å². The van der Waals surface area contributed by atoms with Crippen LogP contribution in [0, 0.1) is 5.41 Å². The Labute approximate surface area is 81.4 Å². The predicted molar refractivity (Wildman–Crippen MR) is 54.8 cm³/mol. The van der Waals surface area contributed by atoms with Crippen molar-refractivity contribution in [3.05, 3.63) is 0 Å². The Balaban J connectivity index is 3.57. The van der Waals surface area contributed by atoms with Crippen molar-refractivity contribution in [2.75, 3.05) is 12.5 Å². The van der Waals surface area contributed by atoms with Crippen molar-refractivity contribution in [3.63, 3.8) is 0 Å². The molecule has 0 spiro atoms. The first-order valence-corrected chi connectivity index (χ1v) is 5.00. The van der Waals surface area contributed by atoms with E-state index in [0.717, 1.165) is 13.0 Å². The lowest BCUT2D eigenvalue weighted by molar-refractivity contribution is -0.0136. The fraction of sp³-hybridized carbons (Fsp3) is 1.00. The van der Waals surface area contributed by atoms with E-state index in [1.54, 1.807) is 0 Å². The second-order valence-electron chi connectivity index (χ2n) is 5.01. The van der Waals surface area contributed by atoms with Gasteiger partial charge in [0.25, 0.3) is 0 Å². The lowest BCUT2D eigenvalue weighted by Gasteiger charge is -2.25. The van der Waals surface area contributed by atoms with Crippen molar-refractivity contribution in [3.8, 4) is 0 Å². The van der Waals surface area contributed by atoms with Gasteiger partial charge in [0, 0.05) is 12.5 Å². The Morgan fingerprint density at radius 2 is 1.58 bits per heavy atom. The summed E-state index contributed by atoms with van der Waals surface area (Å²) in [7, 11) is 0. The van der Waals surface area contributed by atoms with Gasteiger partial charge in [-0.15, -0.1) is 11.6 Å². The number of hydrogen-bond donors (Lipinski definition) is 0. The predicted octanol–water partition coefficient (Wildman–Crippen LogP) is 3.46. The lowest BCUT2D eigenvalue weighted by atomic mass is 9.92. The minimum Gasteiger partial charge on any atom is -0.376 e. The van der Waals surface area contributed by atoms with E-state index in [2.05, 4.69) is 34.6 Å². The smallest absolute Gasteiger partial charge is 0.0598 e. The second kappa shape index (κ2) is 4.48. The van der Waals surface area contributed by atoms with Crippen LogP contribution < -0.4 is 0 Å². The van der Waals surface area contributed by atoms with Crippen LogP contribution >= 0.6 is 11.6 Å². The fourth-order valence-corrected chi connectivity index (χ4v) is 0.834. The minimum absolute atomic E-state index is 0.0254. The van der Waals surface area contributed by atoms with E-state index in [1.165, 1.54) is 0 Å². The summed E-state index contributed by atoms with van der Waals surface area (Å²) in [6.07, 6.45) is 1.02. The highest BCUT2D eigenvalue weighted by molar-refractivity contribution is 6.18. The lowest BCUT2D eigenvalue weighted by Crippen LogP contribution is -2.23. The molecule has 74 valence electrons. The highest BCUT2D eigenvalue weighted by Crippen LogP contribution is 2.22. The molecule has 0 fully saturated rings. The maximum Gasteiger partial charge on any atom is 0.0598 e. The van der Waals surface area contributed by atoms with Crippen molar-refractivity contribution in [1.29, 1.82) is 0 Å². The SMILES string of the molecule is CC(C)(CCl)CCOC(C)(C)C. The van der Waals surface area contributed by atoms with Crippen molar-refractivity contribution in [1.82, 2.24) is 0 Å². The van der Waals surface area contributed by atoms with E-state index >= 15 is 0 Å². The Bertz CT molecular complexity index is 124. The maximum atomic E-state index is 5.79. The average Bonchev–Trinajstić information content (AvgIpc) is 1.84. The van der Waals surface area contributed by atoms with Gasteiger partial charge in [-0.25, -0.2) is 0 Å². The van der Waals surface area contributed by atoms with Gasteiger partial charge in [-0.2, -0.15) is 0 Å². The summed E-state index contributed by atoms with van der Waals surface area (Å²) < 4.78 is 5.61. The topological polar surface area (TPSA) is 9.23 Å².